The fourth-order valence-electron chi connectivity index (χ4n) is 2.41. The van der Waals surface area contributed by atoms with Gasteiger partial charge in [-0.3, -0.25) is 19.0 Å². The monoisotopic (exact) mass is 429 g/mol. The van der Waals surface area contributed by atoms with Crippen LogP contribution in [0.25, 0.3) is 10.9 Å². The Morgan fingerprint density at radius 1 is 1.15 bits per heavy atom. The van der Waals surface area contributed by atoms with Crippen molar-refractivity contribution >= 4 is 38.7 Å². The van der Waals surface area contributed by atoms with Crippen LogP contribution in [0.15, 0.2) is 64.1 Å². The summed E-state index contributed by atoms with van der Waals surface area (Å²) >= 11 is 3.31. The first-order valence-electron chi connectivity index (χ1n) is 8.14. The van der Waals surface area contributed by atoms with Crippen molar-refractivity contribution in [3.8, 4) is 0 Å². The van der Waals surface area contributed by atoms with E-state index in [1.807, 2.05) is 30.3 Å². The molecule has 0 bridgehead atoms. The number of ether oxygens (including phenoxy) is 1. The van der Waals surface area contributed by atoms with Gasteiger partial charge in [0.15, 0.2) is 0 Å². The topological polar surface area (TPSA) is 90.3 Å². The van der Waals surface area contributed by atoms with Crippen molar-refractivity contribution in [3.63, 3.8) is 0 Å². The molecular weight excluding hydrogens is 414 g/mol. The molecule has 0 aliphatic rings. The van der Waals surface area contributed by atoms with Crippen LogP contribution in [-0.4, -0.2) is 28.0 Å². The number of carbonyl (C=O) groups excluding carboxylic acids is 2. The second-order valence-electron chi connectivity index (χ2n) is 5.76. The largest absolute Gasteiger partial charge is 0.460 e. The molecule has 1 aromatic heterocycles. The molecule has 3 rings (SSSR count). The van der Waals surface area contributed by atoms with Crippen LogP contribution < -0.4 is 10.9 Å². The molecule has 138 valence electrons. The predicted octanol–water partition coefficient (Wildman–Crippen LogP) is 2.02. The number of hydrogen-bond donors (Lipinski definition) is 1. The average Bonchev–Trinajstić information content (AvgIpc) is 2.68. The molecule has 3 aromatic rings. The van der Waals surface area contributed by atoms with E-state index in [0.29, 0.717) is 10.9 Å². The molecule has 1 N–H and O–H groups in total. The number of nitrogens with zero attached hydrogens (tertiary/aromatic N) is 2. The zero-order valence-corrected chi connectivity index (χ0v) is 15.8. The van der Waals surface area contributed by atoms with Crippen LogP contribution in [-0.2, 0) is 27.5 Å². The lowest BCUT2D eigenvalue weighted by molar-refractivity contribution is -0.145. The number of carbonyl (C=O) groups is 2. The molecule has 7 nitrogen and oxygen atoms in total. The van der Waals surface area contributed by atoms with Gasteiger partial charge in [0.1, 0.15) is 19.7 Å². The van der Waals surface area contributed by atoms with Gasteiger partial charge in [-0.05, 0) is 23.8 Å². The van der Waals surface area contributed by atoms with E-state index < -0.39 is 11.9 Å². The quantitative estimate of drug-likeness (QED) is 0.605. The number of nitrogens with one attached hydrogen (secondary N) is 1. The number of rotatable bonds is 6. The van der Waals surface area contributed by atoms with E-state index in [2.05, 4.69) is 26.2 Å². The van der Waals surface area contributed by atoms with Crippen molar-refractivity contribution in [2.45, 2.75) is 13.2 Å². The first kappa shape index (κ1) is 18.8. The summed E-state index contributed by atoms with van der Waals surface area (Å²) in [5, 5.41) is 2.85. The van der Waals surface area contributed by atoms with Crippen LogP contribution in [0.3, 0.4) is 0 Å². The highest BCUT2D eigenvalue weighted by molar-refractivity contribution is 9.10. The summed E-state index contributed by atoms with van der Waals surface area (Å²) < 4.78 is 7.02. The summed E-state index contributed by atoms with van der Waals surface area (Å²) in [6.45, 7) is -0.369. The van der Waals surface area contributed by atoms with Gasteiger partial charge < -0.3 is 10.1 Å². The van der Waals surface area contributed by atoms with Crippen molar-refractivity contribution in [3.05, 3.63) is 75.2 Å². The van der Waals surface area contributed by atoms with E-state index >= 15 is 0 Å². The van der Waals surface area contributed by atoms with Gasteiger partial charge in [-0.2, -0.15) is 0 Å². The van der Waals surface area contributed by atoms with Gasteiger partial charge >= 0.3 is 5.97 Å². The van der Waals surface area contributed by atoms with Crippen molar-refractivity contribution < 1.29 is 14.3 Å². The van der Waals surface area contributed by atoms with Crippen LogP contribution in [0.5, 0.6) is 0 Å². The Hall–Kier alpha value is -3.00. The van der Waals surface area contributed by atoms with Gasteiger partial charge in [0.25, 0.3) is 5.56 Å². The van der Waals surface area contributed by atoms with Crippen molar-refractivity contribution in [1.82, 2.24) is 14.9 Å². The summed E-state index contributed by atoms with van der Waals surface area (Å²) in [7, 11) is 0. The van der Waals surface area contributed by atoms with Crippen molar-refractivity contribution in [1.29, 1.82) is 0 Å². The highest BCUT2D eigenvalue weighted by Crippen LogP contribution is 2.14. The van der Waals surface area contributed by atoms with Gasteiger partial charge in [0.2, 0.25) is 5.91 Å². The Labute approximate surface area is 163 Å². The maximum Gasteiger partial charge on any atom is 0.325 e. The second-order valence-corrected chi connectivity index (χ2v) is 6.68. The zero-order chi connectivity index (χ0) is 19.2. The average molecular weight is 430 g/mol. The SMILES string of the molecule is O=C(Cn1cnc2ccc(Br)cc2c1=O)NCC(=O)OCc1ccccc1. The Morgan fingerprint density at radius 3 is 2.70 bits per heavy atom. The molecule has 0 atom stereocenters. The Morgan fingerprint density at radius 2 is 1.93 bits per heavy atom. The number of hydrogen-bond acceptors (Lipinski definition) is 5. The summed E-state index contributed by atoms with van der Waals surface area (Å²) in [4.78, 5) is 40.4. The number of esters is 1. The lowest BCUT2D eigenvalue weighted by Crippen LogP contribution is -2.35. The van der Waals surface area contributed by atoms with E-state index in [1.165, 1.54) is 10.9 Å². The molecule has 0 radical (unpaired) electrons. The summed E-state index contributed by atoms with van der Waals surface area (Å²) in [6, 6.07) is 14.4. The number of amides is 1. The predicted molar refractivity (Wildman–Crippen MR) is 103 cm³/mol. The zero-order valence-electron chi connectivity index (χ0n) is 14.2. The van der Waals surface area contributed by atoms with Gasteiger partial charge in [-0.1, -0.05) is 46.3 Å². The third-order valence-corrected chi connectivity index (χ3v) is 4.27. The van der Waals surface area contributed by atoms with Crippen LogP contribution in [0.1, 0.15) is 5.56 Å². The molecular formula is C19H16BrN3O4. The molecule has 1 amide bonds. The third-order valence-electron chi connectivity index (χ3n) is 3.77. The van der Waals surface area contributed by atoms with Crippen LogP contribution in [0, 0.1) is 0 Å². The maximum absolute atomic E-state index is 12.4. The van der Waals surface area contributed by atoms with Gasteiger partial charge in [0.05, 0.1) is 17.2 Å². The molecule has 0 spiro atoms. The second kappa shape index (κ2) is 8.59. The van der Waals surface area contributed by atoms with E-state index in [9.17, 15) is 14.4 Å². The lowest BCUT2D eigenvalue weighted by atomic mass is 10.2. The Bertz CT molecular complexity index is 1030. The first-order chi connectivity index (χ1) is 13.0. The van der Waals surface area contributed by atoms with Crippen LogP contribution in [0.4, 0.5) is 0 Å². The van der Waals surface area contributed by atoms with Crippen molar-refractivity contribution in [2.24, 2.45) is 0 Å². The number of halogens is 1. The number of benzene rings is 2. The fourth-order valence-corrected chi connectivity index (χ4v) is 2.78. The molecule has 0 unspecified atom stereocenters. The summed E-state index contributed by atoms with van der Waals surface area (Å²) in [6.07, 6.45) is 1.31. The Kier molecular flexibility index (Phi) is 5.97. The summed E-state index contributed by atoms with van der Waals surface area (Å²) in [5.74, 6) is -1.04. The van der Waals surface area contributed by atoms with E-state index in [-0.39, 0.29) is 25.3 Å². The third kappa shape index (κ3) is 5.01. The van der Waals surface area contributed by atoms with Gasteiger partial charge in [0, 0.05) is 4.47 Å². The van der Waals surface area contributed by atoms with E-state index in [0.717, 1.165) is 10.0 Å². The fraction of sp³-hybridized carbons (Fsp3) is 0.158. The smallest absolute Gasteiger partial charge is 0.325 e. The van der Waals surface area contributed by atoms with E-state index in [1.54, 1.807) is 18.2 Å². The molecule has 0 aliphatic carbocycles. The molecule has 2 aromatic carbocycles. The number of fused-ring (bicyclic) bond motifs is 1. The van der Waals surface area contributed by atoms with E-state index in [4.69, 9.17) is 4.74 Å². The molecule has 0 fully saturated rings. The first-order valence-corrected chi connectivity index (χ1v) is 8.93. The standard InChI is InChI=1S/C19H16BrN3O4/c20-14-6-7-16-15(8-14)19(26)23(12-22-16)10-17(24)21-9-18(25)27-11-13-4-2-1-3-5-13/h1-8,12H,9-11H2,(H,21,24). The normalized spacial score (nSPS) is 10.6. The minimum absolute atomic E-state index is 0.137. The van der Waals surface area contributed by atoms with Crippen LogP contribution in [0.2, 0.25) is 0 Å². The van der Waals surface area contributed by atoms with Gasteiger partial charge in [-0.15, -0.1) is 0 Å². The van der Waals surface area contributed by atoms with Crippen molar-refractivity contribution in [2.75, 3.05) is 6.54 Å². The minimum atomic E-state index is -0.555. The summed E-state index contributed by atoms with van der Waals surface area (Å²) in [5.41, 5.74) is 1.07. The molecule has 8 heteroatoms. The molecule has 0 aliphatic heterocycles. The number of aromatic nitrogens is 2. The Balaban J connectivity index is 1.55. The highest BCUT2D eigenvalue weighted by atomic mass is 79.9. The molecule has 0 saturated carbocycles. The molecule has 0 saturated heterocycles. The maximum atomic E-state index is 12.4. The van der Waals surface area contributed by atoms with Gasteiger partial charge in [-0.25, -0.2) is 4.98 Å². The highest BCUT2D eigenvalue weighted by Gasteiger charge is 2.10. The van der Waals surface area contributed by atoms with Crippen LogP contribution >= 0.6 is 15.9 Å². The molecule has 27 heavy (non-hydrogen) atoms. The molecule has 1 heterocycles. The lowest BCUT2D eigenvalue weighted by Gasteiger charge is -2.08. The minimum Gasteiger partial charge on any atom is -0.460 e.